The number of furan rings is 1. The zero-order chi connectivity index (χ0) is 20.4. The number of aliphatic hydroxyl groups is 1. The van der Waals surface area contributed by atoms with Gasteiger partial charge in [0.1, 0.15) is 18.0 Å². The number of guanidine groups is 1. The number of hydrogen-bond donors (Lipinski definition) is 3. The lowest BCUT2D eigenvalue weighted by atomic mass is 10.0. The number of ether oxygens (including phenoxy) is 2. The molecule has 0 bridgehead atoms. The number of terminal acetylenes is 1. The summed E-state index contributed by atoms with van der Waals surface area (Å²) < 4.78 is 16.1. The molecular weight excluding hydrogens is 358 g/mol. The number of hydrogen-bond acceptors (Lipinski definition) is 5. The maximum absolute atomic E-state index is 10.6. The molecule has 0 aliphatic carbocycles. The molecule has 1 atom stereocenters. The second-order valence-electron chi connectivity index (χ2n) is 6.28. The van der Waals surface area contributed by atoms with Crippen LogP contribution in [0.5, 0.6) is 11.5 Å². The fourth-order valence-corrected chi connectivity index (χ4v) is 2.49. The van der Waals surface area contributed by atoms with Gasteiger partial charge in [-0.3, -0.25) is 0 Å². The lowest BCUT2D eigenvalue weighted by molar-refractivity contribution is 0.0386. The van der Waals surface area contributed by atoms with E-state index < -0.39 is 5.60 Å². The molecule has 0 amide bonds. The zero-order valence-electron chi connectivity index (χ0n) is 16.5. The van der Waals surface area contributed by atoms with Crippen LogP contribution in [0.25, 0.3) is 0 Å². The minimum atomic E-state index is -1.16. The van der Waals surface area contributed by atoms with Gasteiger partial charge in [-0.15, -0.1) is 6.42 Å². The fourth-order valence-electron chi connectivity index (χ4n) is 2.49. The predicted octanol–water partition coefficient (Wildman–Crippen LogP) is 2.26. The molecule has 0 aliphatic rings. The third-order valence-electron chi connectivity index (χ3n) is 3.96. The molecule has 1 aromatic heterocycles. The highest BCUT2D eigenvalue weighted by atomic mass is 16.5. The van der Waals surface area contributed by atoms with Gasteiger partial charge in [-0.2, -0.15) is 0 Å². The van der Waals surface area contributed by atoms with Crippen LogP contribution in [0.1, 0.15) is 25.2 Å². The Morgan fingerprint density at radius 2 is 2.14 bits per heavy atom. The van der Waals surface area contributed by atoms with Crippen molar-refractivity contribution in [2.24, 2.45) is 4.99 Å². The van der Waals surface area contributed by atoms with E-state index in [4.69, 9.17) is 20.3 Å². The SMILES string of the molecule is C#CCOc1cc(CN=C(NCC)NCC(C)(O)c2ccco2)ccc1OC. The molecule has 1 aromatic carbocycles. The summed E-state index contributed by atoms with van der Waals surface area (Å²) in [6.07, 6.45) is 6.79. The summed E-state index contributed by atoms with van der Waals surface area (Å²) in [5.74, 6) is 4.70. The van der Waals surface area contributed by atoms with Crippen molar-refractivity contribution in [1.82, 2.24) is 10.6 Å². The highest BCUT2D eigenvalue weighted by Gasteiger charge is 2.26. The van der Waals surface area contributed by atoms with E-state index in [0.717, 1.165) is 5.56 Å². The topological polar surface area (TPSA) is 88.2 Å². The molecule has 0 fully saturated rings. The summed E-state index contributed by atoms with van der Waals surface area (Å²) in [5, 5.41) is 16.9. The number of rotatable bonds is 9. The van der Waals surface area contributed by atoms with Crippen molar-refractivity contribution in [1.29, 1.82) is 0 Å². The van der Waals surface area contributed by atoms with E-state index in [1.807, 2.05) is 25.1 Å². The van der Waals surface area contributed by atoms with Crippen molar-refractivity contribution in [3.8, 4) is 23.8 Å². The first-order valence-corrected chi connectivity index (χ1v) is 9.02. The van der Waals surface area contributed by atoms with Crippen molar-refractivity contribution >= 4 is 5.96 Å². The lowest BCUT2D eigenvalue weighted by Crippen LogP contribution is -2.44. The van der Waals surface area contributed by atoms with Crippen LogP contribution in [-0.4, -0.2) is 37.9 Å². The first-order chi connectivity index (χ1) is 13.5. The van der Waals surface area contributed by atoms with Gasteiger partial charge in [0, 0.05) is 6.54 Å². The van der Waals surface area contributed by atoms with Gasteiger partial charge in [0.15, 0.2) is 17.5 Å². The van der Waals surface area contributed by atoms with E-state index in [9.17, 15) is 5.11 Å². The Hall–Kier alpha value is -3.11. The Bertz CT molecular complexity index is 808. The van der Waals surface area contributed by atoms with Crippen LogP contribution in [-0.2, 0) is 12.1 Å². The molecule has 0 spiro atoms. The standard InChI is InChI=1S/C21H27N3O4/c1-5-11-27-18-13-16(9-10-17(18)26-4)14-23-20(22-6-2)24-15-21(3,25)19-8-7-12-28-19/h1,7-10,12-13,25H,6,11,14-15H2,2-4H3,(H2,22,23,24). The number of benzene rings is 1. The Balaban J connectivity index is 2.06. The van der Waals surface area contributed by atoms with E-state index in [2.05, 4.69) is 21.5 Å². The maximum atomic E-state index is 10.6. The molecule has 3 N–H and O–H groups in total. The van der Waals surface area contributed by atoms with E-state index in [-0.39, 0.29) is 13.2 Å². The molecule has 1 heterocycles. The Morgan fingerprint density at radius 1 is 1.32 bits per heavy atom. The van der Waals surface area contributed by atoms with Gasteiger partial charge in [-0.1, -0.05) is 12.0 Å². The molecule has 0 saturated heterocycles. The molecule has 2 rings (SSSR count). The van der Waals surface area contributed by atoms with E-state index >= 15 is 0 Å². The number of methoxy groups -OCH3 is 1. The smallest absolute Gasteiger partial charge is 0.191 e. The van der Waals surface area contributed by atoms with Crippen LogP contribution >= 0.6 is 0 Å². The monoisotopic (exact) mass is 385 g/mol. The molecule has 7 heteroatoms. The Morgan fingerprint density at radius 3 is 2.79 bits per heavy atom. The van der Waals surface area contributed by atoms with Gasteiger partial charge < -0.3 is 29.6 Å². The van der Waals surface area contributed by atoms with Gasteiger partial charge in [-0.05, 0) is 43.7 Å². The molecule has 2 aromatic rings. The molecule has 7 nitrogen and oxygen atoms in total. The highest BCUT2D eigenvalue weighted by molar-refractivity contribution is 5.79. The summed E-state index contributed by atoms with van der Waals surface area (Å²) in [4.78, 5) is 4.56. The first-order valence-electron chi connectivity index (χ1n) is 9.02. The maximum Gasteiger partial charge on any atom is 0.191 e. The number of aliphatic imine (C=N–C) groups is 1. The molecule has 1 unspecified atom stereocenters. The molecular formula is C21H27N3O4. The summed E-state index contributed by atoms with van der Waals surface area (Å²) in [6.45, 7) is 5.16. The number of nitrogens with zero attached hydrogens (tertiary/aromatic N) is 1. The zero-order valence-corrected chi connectivity index (χ0v) is 16.5. The minimum absolute atomic E-state index is 0.162. The third kappa shape index (κ3) is 5.96. The molecule has 0 saturated carbocycles. The predicted molar refractivity (Wildman–Crippen MR) is 108 cm³/mol. The molecule has 150 valence electrons. The van der Waals surface area contributed by atoms with Crippen LogP contribution in [0.4, 0.5) is 0 Å². The number of nitrogens with one attached hydrogen (secondary N) is 2. The lowest BCUT2D eigenvalue weighted by Gasteiger charge is -2.22. The van der Waals surface area contributed by atoms with Crippen molar-refractivity contribution < 1.29 is 19.0 Å². The van der Waals surface area contributed by atoms with Crippen molar-refractivity contribution in [3.63, 3.8) is 0 Å². The summed E-state index contributed by atoms with van der Waals surface area (Å²) in [5.41, 5.74) is -0.224. The second-order valence-corrected chi connectivity index (χ2v) is 6.28. The van der Waals surface area contributed by atoms with Crippen LogP contribution < -0.4 is 20.1 Å². The van der Waals surface area contributed by atoms with Crippen molar-refractivity contribution in [3.05, 3.63) is 47.9 Å². The molecule has 28 heavy (non-hydrogen) atoms. The van der Waals surface area contributed by atoms with Crippen LogP contribution in [0.15, 0.2) is 46.0 Å². The first kappa shape index (κ1) is 21.2. The highest BCUT2D eigenvalue weighted by Crippen LogP contribution is 2.28. The third-order valence-corrected chi connectivity index (χ3v) is 3.96. The molecule has 0 radical (unpaired) electrons. The van der Waals surface area contributed by atoms with E-state index in [0.29, 0.717) is 36.3 Å². The van der Waals surface area contributed by atoms with Crippen molar-refractivity contribution in [2.75, 3.05) is 26.8 Å². The summed E-state index contributed by atoms with van der Waals surface area (Å²) >= 11 is 0. The van der Waals surface area contributed by atoms with Gasteiger partial charge in [0.05, 0.1) is 26.5 Å². The second kappa shape index (κ2) is 10.3. The van der Waals surface area contributed by atoms with Gasteiger partial charge in [0.2, 0.25) is 0 Å². The normalized spacial score (nSPS) is 13.3. The summed E-state index contributed by atoms with van der Waals surface area (Å²) in [7, 11) is 1.58. The Labute approximate surface area is 165 Å². The Kier molecular flexibility index (Phi) is 7.78. The van der Waals surface area contributed by atoms with Gasteiger partial charge in [0.25, 0.3) is 0 Å². The fraction of sp³-hybridized carbons (Fsp3) is 0.381. The van der Waals surface area contributed by atoms with Crippen LogP contribution in [0.2, 0.25) is 0 Å². The van der Waals surface area contributed by atoms with Gasteiger partial charge >= 0.3 is 0 Å². The van der Waals surface area contributed by atoms with E-state index in [1.165, 1.54) is 6.26 Å². The van der Waals surface area contributed by atoms with Gasteiger partial charge in [-0.25, -0.2) is 4.99 Å². The van der Waals surface area contributed by atoms with Crippen LogP contribution in [0.3, 0.4) is 0 Å². The summed E-state index contributed by atoms with van der Waals surface area (Å²) in [6, 6.07) is 9.06. The largest absolute Gasteiger partial charge is 0.493 e. The average molecular weight is 385 g/mol. The van der Waals surface area contributed by atoms with Crippen LogP contribution in [0, 0.1) is 12.3 Å². The quantitative estimate of drug-likeness (QED) is 0.349. The average Bonchev–Trinajstić information content (AvgIpc) is 3.24. The minimum Gasteiger partial charge on any atom is -0.493 e. The molecule has 0 aliphatic heterocycles. The van der Waals surface area contributed by atoms with Crippen molar-refractivity contribution in [2.45, 2.75) is 26.0 Å². The van der Waals surface area contributed by atoms with E-state index in [1.54, 1.807) is 26.2 Å².